The number of aromatic nitrogens is 4. The van der Waals surface area contributed by atoms with Crippen LogP contribution < -0.4 is 5.73 Å². The first kappa shape index (κ1) is 12.2. The number of hydrogen-bond donors (Lipinski definition) is 2. The lowest BCUT2D eigenvalue weighted by molar-refractivity contribution is 0.0595. The van der Waals surface area contributed by atoms with Crippen molar-refractivity contribution in [1.82, 2.24) is 19.5 Å². The molecule has 0 saturated heterocycles. The fourth-order valence-electron chi connectivity index (χ4n) is 1.75. The van der Waals surface area contributed by atoms with Crippen LogP contribution in [0.4, 0.5) is 5.82 Å². The molecule has 2 heterocycles. The first-order chi connectivity index (χ1) is 8.67. The van der Waals surface area contributed by atoms with Gasteiger partial charge in [-0.15, -0.1) is 0 Å². The Hall–Kier alpha value is -2.31. The second kappa shape index (κ2) is 4.91. The number of carbonyl (C=O) groups is 1. The predicted molar refractivity (Wildman–Crippen MR) is 65.0 cm³/mol. The van der Waals surface area contributed by atoms with Crippen LogP contribution in [0.3, 0.4) is 0 Å². The summed E-state index contributed by atoms with van der Waals surface area (Å²) in [4.78, 5) is 22.7. The molecule has 3 N–H and O–H groups in total. The normalized spacial score (nSPS) is 10.6. The number of nitrogens with one attached hydrogen (secondary N) is 1. The molecule has 0 unspecified atom stereocenters. The van der Waals surface area contributed by atoms with Gasteiger partial charge in [0.2, 0.25) is 0 Å². The van der Waals surface area contributed by atoms with E-state index in [0.29, 0.717) is 18.8 Å². The van der Waals surface area contributed by atoms with E-state index in [1.807, 2.05) is 6.92 Å². The highest BCUT2D eigenvalue weighted by atomic mass is 16.5. The van der Waals surface area contributed by atoms with E-state index in [1.54, 1.807) is 17.1 Å². The number of rotatable bonds is 4. The minimum absolute atomic E-state index is 0.161. The molecular weight excluding hydrogens is 234 g/mol. The van der Waals surface area contributed by atoms with E-state index in [-0.39, 0.29) is 5.69 Å². The predicted octanol–water partition coefficient (Wildman–Crippen LogP) is 0.586. The second-order valence-corrected chi connectivity index (χ2v) is 3.77. The van der Waals surface area contributed by atoms with Gasteiger partial charge in [-0.2, -0.15) is 0 Å². The smallest absolute Gasteiger partial charge is 0.360 e. The summed E-state index contributed by atoms with van der Waals surface area (Å²) in [6.45, 7) is 2.45. The number of aromatic amines is 1. The van der Waals surface area contributed by atoms with E-state index in [9.17, 15) is 4.79 Å². The highest BCUT2D eigenvalue weighted by Crippen LogP contribution is 2.17. The minimum Gasteiger partial charge on any atom is -0.464 e. The number of aryl methyl sites for hydroxylation is 1. The number of anilines is 1. The molecule has 0 atom stereocenters. The molecule has 0 aromatic carbocycles. The number of nitrogen functional groups attached to an aromatic ring is 1. The van der Waals surface area contributed by atoms with Gasteiger partial charge < -0.3 is 20.0 Å². The van der Waals surface area contributed by atoms with Crippen molar-refractivity contribution in [2.45, 2.75) is 19.9 Å². The first-order valence-electron chi connectivity index (χ1n) is 5.57. The van der Waals surface area contributed by atoms with Gasteiger partial charge in [-0.05, 0) is 0 Å². The van der Waals surface area contributed by atoms with Crippen LogP contribution in [0.15, 0.2) is 12.5 Å². The number of carbonyl (C=O) groups excluding carboxylic acids is 1. The molecule has 0 aliphatic rings. The van der Waals surface area contributed by atoms with E-state index < -0.39 is 5.97 Å². The van der Waals surface area contributed by atoms with Gasteiger partial charge in [0, 0.05) is 12.6 Å². The Labute approximate surface area is 104 Å². The molecule has 0 radical (unpaired) electrons. The average molecular weight is 249 g/mol. The maximum absolute atomic E-state index is 11.5. The van der Waals surface area contributed by atoms with Crippen molar-refractivity contribution in [3.05, 3.63) is 29.7 Å². The van der Waals surface area contributed by atoms with Crippen molar-refractivity contribution in [2.24, 2.45) is 0 Å². The minimum atomic E-state index is -0.523. The van der Waals surface area contributed by atoms with Gasteiger partial charge in [0.15, 0.2) is 5.69 Å². The molecule has 0 fully saturated rings. The van der Waals surface area contributed by atoms with E-state index in [1.165, 1.54) is 7.11 Å². The summed E-state index contributed by atoms with van der Waals surface area (Å²) in [5.74, 6) is 0.529. The van der Waals surface area contributed by atoms with Gasteiger partial charge in [-0.25, -0.2) is 14.8 Å². The molecular formula is C11H15N5O2. The average Bonchev–Trinajstić information content (AvgIpc) is 2.99. The van der Waals surface area contributed by atoms with E-state index in [4.69, 9.17) is 5.73 Å². The molecule has 7 heteroatoms. The van der Waals surface area contributed by atoms with Crippen LogP contribution in [0.25, 0.3) is 0 Å². The van der Waals surface area contributed by atoms with Crippen LogP contribution in [0.1, 0.15) is 28.9 Å². The van der Waals surface area contributed by atoms with Gasteiger partial charge in [0.1, 0.15) is 11.6 Å². The van der Waals surface area contributed by atoms with Crippen molar-refractivity contribution in [3.8, 4) is 0 Å². The Kier molecular flexibility index (Phi) is 3.31. The maximum Gasteiger partial charge on any atom is 0.360 e. The number of nitrogens with two attached hydrogens (primary N) is 1. The molecule has 96 valence electrons. The summed E-state index contributed by atoms with van der Waals surface area (Å²) in [5, 5.41) is 0. The van der Waals surface area contributed by atoms with Crippen LogP contribution in [0, 0.1) is 0 Å². The van der Waals surface area contributed by atoms with E-state index in [0.717, 1.165) is 11.5 Å². The van der Waals surface area contributed by atoms with Gasteiger partial charge in [-0.3, -0.25) is 0 Å². The number of ether oxygens (including phenoxy) is 1. The molecule has 18 heavy (non-hydrogen) atoms. The first-order valence-corrected chi connectivity index (χ1v) is 5.57. The number of nitrogens with zero attached hydrogens (tertiary/aromatic N) is 3. The molecule has 0 aliphatic carbocycles. The van der Waals surface area contributed by atoms with Crippen LogP contribution in [0.2, 0.25) is 0 Å². The Balaban J connectivity index is 2.39. The van der Waals surface area contributed by atoms with Gasteiger partial charge in [-0.1, -0.05) is 6.92 Å². The van der Waals surface area contributed by atoms with Crippen LogP contribution >= 0.6 is 0 Å². The summed E-state index contributed by atoms with van der Waals surface area (Å²) in [7, 11) is 1.31. The molecule has 0 spiro atoms. The molecule has 0 saturated carbocycles. The molecule has 0 aliphatic heterocycles. The Morgan fingerprint density at radius 1 is 1.61 bits per heavy atom. The molecule has 2 aromatic rings. The van der Waals surface area contributed by atoms with Crippen LogP contribution in [-0.2, 0) is 17.7 Å². The fourth-order valence-corrected chi connectivity index (χ4v) is 1.75. The van der Waals surface area contributed by atoms with Crippen molar-refractivity contribution in [1.29, 1.82) is 0 Å². The molecule has 2 rings (SSSR count). The second-order valence-electron chi connectivity index (χ2n) is 3.77. The van der Waals surface area contributed by atoms with E-state index in [2.05, 4.69) is 19.7 Å². The zero-order valence-corrected chi connectivity index (χ0v) is 10.3. The lowest BCUT2D eigenvalue weighted by Gasteiger charge is -2.06. The fraction of sp³-hybridized carbons (Fsp3) is 0.364. The Morgan fingerprint density at radius 2 is 2.39 bits per heavy atom. The van der Waals surface area contributed by atoms with Crippen molar-refractivity contribution >= 4 is 11.8 Å². The Morgan fingerprint density at radius 3 is 2.94 bits per heavy atom. The summed E-state index contributed by atoms with van der Waals surface area (Å²) in [6, 6.07) is 0. The van der Waals surface area contributed by atoms with Crippen molar-refractivity contribution in [2.75, 3.05) is 12.8 Å². The standard InChI is InChI=1S/C11H15N5O2/c1-3-8-15-9(11(17)18-2)10(12)16(8)5-7-4-13-6-14-7/h4,6H,3,5,12H2,1-2H3,(H,13,14). The number of imidazole rings is 2. The monoisotopic (exact) mass is 249 g/mol. The van der Waals surface area contributed by atoms with Crippen LogP contribution in [-0.4, -0.2) is 32.6 Å². The molecule has 0 bridgehead atoms. The number of methoxy groups -OCH3 is 1. The van der Waals surface area contributed by atoms with Gasteiger partial charge >= 0.3 is 5.97 Å². The van der Waals surface area contributed by atoms with E-state index >= 15 is 0 Å². The molecule has 2 aromatic heterocycles. The highest BCUT2D eigenvalue weighted by Gasteiger charge is 2.20. The summed E-state index contributed by atoms with van der Waals surface area (Å²) in [6.07, 6.45) is 3.97. The SMILES string of the molecule is CCc1nc(C(=O)OC)c(N)n1Cc1cnc[nH]1. The zero-order chi connectivity index (χ0) is 13.1. The summed E-state index contributed by atoms with van der Waals surface area (Å²) < 4.78 is 6.43. The lowest BCUT2D eigenvalue weighted by Crippen LogP contribution is -2.10. The van der Waals surface area contributed by atoms with Crippen molar-refractivity contribution in [3.63, 3.8) is 0 Å². The number of hydrogen-bond acceptors (Lipinski definition) is 5. The van der Waals surface area contributed by atoms with Crippen LogP contribution in [0.5, 0.6) is 0 Å². The third-order valence-corrected chi connectivity index (χ3v) is 2.66. The Bertz CT molecular complexity index is 544. The third kappa shape index (κ3) is 2.06. The third-order valence-electron chi connectivity index (χ3n) is 2.66. The maximum atomic E-state index is 11.5. The topological polar surface area (TPSA) is 98.8 Å². The van der Waals surface area contributed by atoms with Crippen molar-refractivity contribution < 1.29 is 9.53 Å². The summed E-state index contributed by atoms with van der Waals surface area (Å²) >= 11 is 0. The highest BCUT2D eigenvalue weighted by molar-refractivity contribution is 5.92. The van der Waals surface area contributed by atoms with Gasteiger partial charge in [0.25, 0.3) is 0 Å². The van der Waals surface area contributed by atoms with Gasteiger partial charge in [0.05, 0.1) is 25.7 Å². The summed E-state index contributed by atoms with van der Waals surface area (Å²) in [5.41, 5.74) is 6.99. The largest absolute Gasteiger partial charge is 0.464 e. The number of esters is 1. The number of H-pyrrole nitrogens is 1. The lowest BCUT2D eigenvalue weighted by atomic mass is 10.4. The quantitative estimate of drug-likeness (QED) is 0.772. The molecule has 7 nitrogen and oxygen atoms in total. The molecule has 0 amide bonds. The zero-order valence-electron chi connectivity index (χ0n) is 10.3.